The van der Waals surface area contributed by atoms with Gasteiger partial charge in [0, 0.05) is 5.39 Å². The first-order valence-electron chi connectivity index (χ1n) is 6.26. The maximum atomic E-state index is 6.14. The Morgan fingerprint density at radius 2 is 2.06 bits per heavy atom. The molecule has 2 aromatic rings. The van der Waals surface area contributed by atoms with E-state index in [0.717, 1.165) is 23.2 Å². The molecule has 0 aliphatic carbocycles. The van der Waals surface area contributed by atoms with Gasteiger partial charge in [-0.05, 0) is 31.0 Å². The van der Waals surface area contributed by atoms with Crippen LogP contribution in [0.15, 0.2) is 28.7 Å². The Hall–Kier alpha value is -0.990. The molecule has 1 unspecified atom stereocenters. The molecule has 0 saturated carbocycles. The second-order valence-electron chi connectivity index (χ2n) is 5.91. The van der Waals surface area contributed by atoms with Crippen molar-refractivity contribution in [3.8, 4) is 0 Å². The first-order chi connectivity index (χ1) is 8.40. The number of hydrogen-bond donors (Lipinski definition) is 1. The summed E-state index contributed by atoms with van der Waals surface area (Å²) >= 11 is 6.14. The lowest BCUT2D eigenvalue weighted by molar-refractivity contribution is 0.296. The Bertz CT molecular complexity index is 539. The molecule has 98 valence electrons. The number of benzene rings is 1. The van der Waals surface area contributed by atoms with Crippen LogP contribution in [0, 0.1) is 5.41 Å². The van der Waals surface area contributed by atoms with E-state index in [1.54, 1.807) is 0 Å². The Morgan fingerprint density at radius 1 is 1.33 bits per heavy atom. The van der Waals surface area contributed by atoms with Crippen molar-refractivity contribution in [3.05, 3.63) is 35.0 Å². The molecule has 0 radical (unpaired) electrons. The van der Waals surface area contributed by atoms with Gasteiger partial charge in [-0.1, -0.05) is 44.5 Å². The number of nitrogens with one attached hydrogen (secondary N) is 1. The third kappa shape index (κ3) is 2.88. The van der Waals surface area contributed by atoms with E-state index < -0.39 is 0 Å². The van der Waals surface area contributed by atoms with E-state index in [0.29, 0.717) is 5.02 Å². The molecule has 1 aromatic heterocycles. The molecule has 0 aliphatic rings. The van der Waals surface area contributed by atoms with Gasteiger partial charge in [-0.2, -0.15) is 0 Å². The van der Waals surface area contributed by atoms with Crippen molar-refractivity contribution in [2.75, 3.05) is 7.05 Å². The van der Waals surface area contributed by atoms with E-state index in [4.69, 9.17) is 16.0 Å². The van der Waals surface area contributed by atoms with Crippen LogP contribution in [0.2, 0.25) is 5.02 Å². The summed E-state index contributed by atoms with van der Waals surface area (Å²) in [5, 5.41) is 5.05. The van der Waals surface area contributed by atoms with Gasteiger partial charge in [0.25, 0.3) is 0 Å². The molecule has 2 nitrogen and oxygen atoms in total. The zero-order chi connectivity index (χ0) is 13.3. The fraction of sp³-hybridized carbons (Fsp3) is 0.467. The van der Waals surface area contributed by atoms with Crippen molar-refractivity contribution in [1.29, 1.82) is 0 Å². The first kappa shape index (κ1) is 13.4. The molecule has 3 heteroatoms. The molecular formula is C15H20ClNO. The smallest absolute Gasteiger partial charge is 0.152 e. The fourth-order valence-corrected chi connectivity index (χ4v) is 2.40. The van der Waals surface area contributed by atoms with Crippen LogP contribution >= 0.6 is 11.6 Å². The quantitative estimate of drug-likeness (QED) is 0.864. The van der Waals surface area contributed by atoms with Crippen LogP contribution in [0.5, 0.6) is 0 Å². The maximum absolute atomic E-state index is 6.14. The van der Waals surface area contributed by atoms with Crippen LogP contribution in [0.1, 0.15) is 39.0 Å². The lowest BCUT2D eigenvalue weighted by Gasteiger charge is -2.24. The Morgan fingerprint density at radius 3 is 2.61 bits per heavy atom. The van der Waals surface area contributed by atoms with Crippen molar-refractivity contribution in [1.82, 2.24) is 5.32 Å². The molecule has 0 spiro atoms. The van der Waals surface area contributed by atoms with Crippen molar-refractivity contribution < 1.29 is 4.42 Å². The monoisotopic (exact) mass is 265 g/mol. The molecule has 1 aromatic carbocycles. The summed E-state index contributed by atoms with van der Waals surface area (Å²) < 4.78 is 5.90. The summed E-state index contributed by atoms with van der Waals surface area (Å²) in [7, 11) is 1.96. The SMILES string of the molecule is CNC(CC(C)(C)C)c1cc2cccc(Cl)c2o1. The average molecular weight is 266 g/mol. The van der Waals surface area contributed by atoms with E-state index >= 15 is 0 Å². The summed E-state index contributed by atoms with van der Waals surface area (Å²) in [5.74, 6) is 0.954. The number of para-hydroxylation sites is 1. The second kappa shape index (κ2) is 4.94. The summed E-state index contributed by atoms with van der Waals surface area (Å²) in [4.78, 5) is 0. The highest BCUT2D eigenvalue weighted by molar-refractivity contribution is 6.34. The van der Waals surface area contributed by atoms with Crippen LogP contribution in [-0.4, -0.2) is 7.05 Å². The van der Waals surface area contributed by atoms with Gasteiger partial charge in [0.05, 0.1) is 11.1 Å². The average Bonchev–Trinajstić information content (AvgIpc) is 2.70. The number of hydrogen-bond acceptors (Lipinski definition) is 2. The zero-order valence-electron chi connectivity index (χ0n) is 11.4. The van der Waals surface area contributed by atoms with Gasteiger partial charge in [0.15, 0.2) is 5.58 Å². The van der Waals surface area contributed by atoms with Gasteiger partial charge in [0.2, 0.25) is 0 Å². The Labute approximate surface area is 113 Å². The van der Waals surface area contributed by atoms with E-state index in [2.05, 4.69) is 32.2 Å². The van der Waals surface area contributed by atoms with Crippen molar-refractivity contribution >= 4 is 22.6 Å². The van der Waals surface area contributed by atoms with E-state index in [1.165, 1.54) is 0 Å². The molecule has 18 heavy (non-hydrogen) atoms. The largest absolute Gasteiger partial charge is 0.458 e. The van der Waals surface area contributed by atoms with Gasteiger partial charge in [-0.15, -0.1) is 0 Å². The first-order valence-corrected chi connectivity index (χ1v) is 6.64. The Balaban J connectivity index is 2.37. The summed E-state index contributed by atoms with van der Waals surface area (Å²) in [5.41, 5.74) is 1.03. The summed E-state index contributed by atoms with van der Waals surface area (Å²) in [6, 6.07) is 8.12. The normalized spacial score (nSPS) is 14.1. The lowest BCUT2D eigenvalue weighted by Crippen LogP contribution is -2.21. The molecule has 0 amide bonds. The minimum absolute atomic E-state index is 0.216. The Kier molecular flexibility index (Phi) is 3.69. The minimum atomic E-state index is 0.216. The van der Waals surface area contributed by atoms with Crippen molar-refractivity contribution in [3.63, 3.8) is 0 Å². The molecule has 0 bridgehead atoms. The van der Waals surface area contributed by atoms with Crippen molar-refractivity contribution in [2.24, 2.45) is 5.41 Å². The summed E-state index contributed by atoms with van der Waals surface area (Å²) in [6.45, 7) is 6.69. The van der Waals surface area contributed by atoms with Crippen LogP contribution in [-0.2, 0) is 0 Å². The van der Waals surface area contributed by atoms with Gasteiger partial charge >= 0.3 is 0 Å². The highest BCUT2D eigenvalue weighted by atomic mass is 35.5. The molecule has 0 saturated heterocycles. The highest BCUT2D eigenvalue weighted by Crippen LogP contribution is 2.34. The van der Waals surface area contributed by atoms with Gasteiger partial charge < -0.3 is 9.73 Å². The predicted molar refractivity (Wildman–Crippen MR) is 77.1 cm³/mol. The number of fused-ring (bicyclic) bond motifs is 1. The van der Waals surface area contributed by atoms with Crippen LogP contribution in [0.25, 0.3) is 11.0 Å². The molecule has 2 rings (SSSR count). The maximum Gasteiger partial charge on any atom is 0.152 e. The third-order valence-electron chi connectivity index (χ3n) is 3.02. The van der Waals surface area contributed by atoms with Gasteiger partial charge in [-0.3, -0.25) is 0 Å². The second-order valence-corrected chi connectivity index (χ2v) is 6.32. The van der Waals surface area contributed by atoms with E-state index in [-0.39, 0.29) is 11.5 Å². The van der Waals surface area contributed by atoms with Crippen molar-refractivity contribution in [2.45, 2.75) is 33.2 Å². The highest BCUT2D eigenvalue weighted by Gasteiger charge is 2.22. The van der Waals surface area contributed by atoms with Gasteiger partial charge in [0.1, 0.15) is 5.76 Å². The number of rotatable bonds is 3. The molecule has 1 atom stereocenters. The third-order valence-corrected chi connectivity index (χ3v) is 3.32. The van der Waals surface area contributed by atoms with E-state index in [9.17, 15) is 0 Å². The topological polar surface area (TPSA) is 25.2 Å². The van der Waals surface area contributed by atoms with Crippen LogP contribution in [0.4, 0.5) is 0 Å². The lowest BCUT2D eigenvalue weighted by atomic mass is 9.87. The fourth-order valence-electron chi connectivity index (χ4n) is 2.18. The molecule has 1 N–H and O–H groups in total. The zero-order valence-corrected chi connectivity index (χ0v) is 12.1. The van der Waals surface area contributed by atoms with Gasteiger partial charge in [-0.25, -0.2) is 0 Å². The number of halogens is 1. The van der Waals surface area contributed by atoms with Crippen LogP contribution < -0.4 is 5.32 Å². The number of furan rings is 1. The molecule has 0 aliphatic heterocycles. The standard InChI is InChI=1S/C15H20ClNO/c1-15(2,3)9-12(17-4)13-8-10-6-5-7-11(16)14(10)18-13/h5-8,12,17H,9H2,1-4H3. The molecular weight excluding hydrogens is 246 g/mol. The van der Waals surface area contributed by atoms with Crippen LogP contribution in [0.3, 0.4) is 0 Å². The predicted octanol–water partition coefficient (Wildman–Crippen LogP) is 4.78. The molecule has 1 heterocycles. The molecule has 0 fully saturated rings. The summed E-state index contributed by atoms with van der Waals surface area (Å²) in [6.07, 6.45) is 1.01. The van der Waals surface area contributed by atoms with E-state index in [1.807, 2.05) is 25.2 Å². The minimum Gasteiger partial charge on any atom is -0.458 e.